The number of nitrogens with two attached hydrogens (primary N) is 6. The van der Waals surface area contributed by atoms with Crippen molar-refractivity contribution in [3.63, 3.8) is 0 Å². The van der Waals surface area contributed by atoms with Crippen LogP contribution in [0.1, 0.15) is 585 Å². The van der Waals surface area contributed by atoms with E-state index in [4.69, 9.17) is 39.1 Å². The van der Waals surface area contributed by atoms with E-state index < -0.39 is 0 Å². The fourth-order valence-electron chi connectivity index (χ4n) is 31.0. The van der Waals surface area contributed by atoms with Gasteiger partial charge in [0.2, 0.25) is 0 Å². The maximum atomic E-state index is 6.63. The molecule has 0 spiro atoms. The molecular weight excluding hydrogens is 1560 g/mol. The van der Waals surface area contributed by atoms with Crippen LogP contribution in [0.2, 0.25) is 0 Å². The van der Waals surface area contributed by atoms with Gasteiger partial charge in [-0.3, -0.25) is 0 Å². The average molecular weight is 1820 g/mol. The highest BCUT2D eigenvalue weighted by Crippen LogP contribution is 2.69. The van der Waals surface area contributed by atoms with E-state index in [0.717, 1.165) is 6.61 Å². The number of hydrogen-bond acceptors (Lipinski definition) is 8. The first-order valence-electron chi connectivity index (χ1n) is 54.8. The first kappa shape index (κ1) is 143. The van der Waals surface area contributed by atoms with E-state index in [-0.39, 0.29) is 49.5 Å². The third-order valence-electron chi connectivity index (χ3n) is 35.0. The maximum absolute atomic E-state index is 6.63. The van der Waals surface area contributed by atoms with Gasteiger partial charge in [0, 0.05) is 47.2 Å². The molecule has 0 amide bonds. The lowest BCUT2D eigenvalue weighted by atomic mass is 9.43. The first-order chi connectivity index (χ1) is 56.9. The van der Waals surface area contributed by atoms with E-state index >= 15 is 0 Å². The van der Waals surface area contributed by atoms with Gasteiger partial charge in [-0.15, -0.1) is 0 Å². The van der Waals surface area contributed by atoms with Crippen molar-refractivity contribution < 1.29 is 4.74 Å². The number of rotatable bonds is 1. The molecule has 1 heterocycles. The van der Waals surface area contributed by atoms with E-state index in [1.54, 1.807) is 0 Å². The Morgan fingerprint density at radius 1 is 0.234 bits per heavy atom. The molecule has 13 N–H and O–H groups in total. The van der Waals surface area contributed by atoms with Crippen molar-refractivity contribution in [2.75, 3.05) is 20.3 Å². The minimum atomic E-state index is -0.0243. The average Bonchev–Trinajstić information content (AvgIpc) is 1.44. The van der Waals surface area contributed by atoms with Crippen LogP contribution in [0.5, 0.6) is 0 Å². The van der Waals surface area contributed by atoms with Crippen molar-refractivity contribution in [2.45, 2.75) is 627 Å². The molecule has 8 rings (SSSR count). The predicted molar refractivity (Wildman–Crippen MR) is 595 cm³/mol. The molecule has 784 valence electrons. The number of ether oxygens (including phenoxy) is 1. The minimum Gasteiger partial charge on any atom is -0.379 e. The second-order valence-corrected chi connectivity index (χ2v) is 55.9. The zero-order chi connectivity index (χ0) is 106. The Morgan fingerprint density at radius 3 is 0.609 bits per heavy atom. The van der Waals surface area contributed by atoms with Crippen LogP contribution in [0.3, 0.4) is 0 Å². The molecule has 0 radical (unpaired) electrons. The highest BCUT2D eigenvalue weighted by Gasteiger charge is 2.65. The molecule has 0 aromatic heterocycles. The van der Waals surface area contributed by atoms with Crippen molar-refractivity contribution in [3.05, 3.63) is 0 Å². The van der Waals surface area contributed by atoms with Crippen molar-refractivity contribution in [2.24, 2.45) is 164 Å². The van der Waals surface area contributed by atoms with Crippen LogP contribution in [0.15, 0.2) is 0 Å². The predicted octanol–water partition coefficient (Wildman–Crippen LogP) is 37.0. The summed E-state index contributed by atoms with van der Waals surface area (Å²) in [5, 5.41) is 3.57. The van der Waals surface area contributed by atoms with Crippen molar-refractivity contribution in [3.8, 4) is 0 Å². The summed E-state index contributed by atoms with van der Waals surface area (Å²) in [4.78, 5) is 0. The monoisotopic (exact) mass is 1820 g/mol. The Balaban J connectivity index is -0.000000209. The van der Waals surface area contributed by atoms with Crippen LogP contribution in [0.25, 0.3) is 0 Å². The molecule has 8 nitrogen and oxygen atoms in total. The highest BCUT2D eigenvalue weighted by atomic mass is 16.5. The Morgan fingerprint density at radius 2 is 0.477 bits per heavy atom. The Labute approximate surface area is 816 Å². The molecule has 1 saturated heterocycles. The smallest absolute Gasteiger partial charge is 0.0624 e. The van der Waals surface area contributed by atoms with Gasteiger partial charge in [-0.05, 0) is 228 Å². The van der Waals surface area contributed by atoms with Crippen LogP contribution in [-0.2, 0) is 4.74 Å². The first-order valence-corrected chi connectivity index (χ1v) is 54.8. The molecule has 7 aliphatic carbocycles. The summed E-state index contributed by atoms with van der Waals surface area (Å²) in [7, 11) is 2.13. The molecule has 8 heteroatoms. The normalized spacial score (nSPS) is 24.4. The summed E-state index contributed by atoms with van der Waals surface area (Å²) in [5.41, 5.74) is 45.8. The fraction of sp³-hybridized carbons (Fsp3) is 1.00. The number of hydrogen-bond donors (Lipinski definition) is 7. The molecular formula is C120H263N7O. The van der Waals surface area contributed by atoms with Gasteiger partial charge in [-0.1, -0.05) is 488 Å². The molecule has 0 bridgehead atoms. The molecule has 6 atom stereocenters. The summed E-state index contributed by atoms with van der Waals surface area (Å²) in [6.07, 6.45) is 27.4. The molecule has 0 aromatic carbocycles. The van der Waals surface area contributed by atoms with Crippen LogP contribution in [-0.4, -0.2) is 62.1 Å². The Bertz CT molecular complexity index is 2580. The van der Waals surface area contributed by atoms with Crippen molar-refractivity contribution >= 4 is 0 Å². The van der Waals surface area contributed by atoms with E-state index in [1.807, 2.05) is 111 Å². The van der Waals surface area contributed by atoms with Gasteiger partial charge >= 0.3 is 0 Å². The topological polar surface area (TPSA) is 177 Å². The van der Waals surface area contributed by atoms with Gasteiger partial charge < -0.3 is 44.5 Å². The van der Waals surface area contributed by atoms with Crippen molar-refractivity contribution in [1.82, 2.24) is 5.32 Å². The van der Waals surface area contributed by atoms with Gasteiger partial charge in [-0.25, -0.2) is 0 Å². The molecule has 7 saturated carbocycles. The van der Waals surface area contributed by atoms with Gasteiger partial charge in [0.1, 0.15) is 0 Å². The fourth-order valence-corrected chi connectivity index (χ4v) is 31.0. The lowest BCUT2D eigenvalue weighted by Gasteiger charge is -2.63. The lowest BCUT2D eigenvalue weighted by Crippen LogP contribution is -2.64. The third kappa shape index (κ3) is 32.1. The van der Waals surface area contributed by atoms with Crippen LogP contribution in [0, 0.1) is 130 Å². The second-order valence-electron chi connectivity index (χ2n) is 55.9. The largest absolute Gasteiger partial charge is 0.379 e. The summed E-state index contributed by atoms with van der Waals surface area (Å²) < 4.78 is 5.60. The maximum Gasteiger partial charge on any atom is 0.0624 e. The van der Waals surface area contributed by atoms with E-state index in [0.29, 0.717) is 129 Å². The Hall–Kier alpha value is -0.320. The second kappa shape index (κ2) is 53.9. The molecule has 8 fully saturated rings. The van der Waals surface area contributed by atoms with Crippen LogP contribution >= 0.6 is 0 Å². The molecule has 8 aliphatic rings. The molecule has 6 unspecified atom stereocenters. The minimum absolute atomic E-state index is 0.0243. The summed E-state index contributed by atoms with van der Waals surface area (Å²) in [6, 6.07) is 2.42. The van der Waals surface area contributed by atoms with Gasteiger partial charge in [0.05, 0.1) is 13.2 Å². The van der Waals surface area contributed by atoms with E-state index in [9.17, 15) is 0 Å². The standard InChI is InChI=1S/3C14H29N.C13H27N.C13H26.C12H25NO.2C12H25N.8C2H6/c1-12(2,3)14(13(4,5)6)10-8-9-11(14)15-7;1-11(2,3)14(12(4,5)6)10-8-9-13(14,7)15;1-12(2,3)14(13(4,5)6)10-8-7-9-11(14)15;1-11(2,3)13(12(4,5)6)9-7-8-10(13)14;1-11(2,3)13(12(4,5)6)9-7-8-10-13;1-10(2,3)12(11(4,5)6)8-14-7-9(12)13;1-10(2,3)12(11(4,5)6)7-9(13)8-12;1-10(2,3)12(11(4,5)6)8-7-9(12)13;8*1-2/h11,15H,8-10H2,1-7H3;8-10,15H2,1-7H3;11H,7-10,15H2,1-6H3;10H,7-9,14H2,1-6H3;7-10H2,1-6H3;9H,7-8,13H2,1-6H3;2*9H,7-8,13H2,1-6H3;8*1-2H3. The van der Waals surface area contributed by atoms with Gasteiger partial charge in [0.15, 0.2) is 0 Å². The summed E-state index contributed by atoms with van der Waals surface area (Å²) >= 11 is 0. The summed E-state index contributed by atoms with van der Waals surface area (Å²) in [6.45, 7) is 149. The number of nitrogens with one attached hydrogen (secondary N) is 1. The quantitative estimate of drug-likeness (QED) is 0.136. The van der Waals surface area contributed by atoms with E-state index in [2.05, 4.69) is 352 Å². The van der Waals surface area contributed by atoms with E-state index in [1.165, 1.54) is 135 Å². The molecule has 0 aromatic rings. The third-order valence-corrected chi connectivity index (χ3v) is 35.0. The Kier molecular flexibility index (Phi) is 60.2. The van der Waals surface area contributed by atoms with Crippen LogP contribution < -0.4 is 39.7 Å². The van der Waals surface area contributed by atoms with Gasteiger partial charge in [0.25, 0.3) is 0 Å². The zero-order valence-electron chi connectivity index (χ0n) is 103. The molecule has 1 aliphatic heterocycles. The zero-order valence-corrected chi connectivity index (χ0v) is 103. The van der Waals surface area contributed by atoms with Crippen LogP contribution in [0.4, 0.5) is 0 Å². The van der Waals surface area contributed by atoms with Crippen molar-refractivity contribution in [1.29, 1.82) is 0 Å². The SMILES string of the molecule is CC.CC.CC.CC.CC.CC.CC.CC.CC(C)(C)C1(C(C)(C)C)CC(N)C1.CC(C)(C)C1(C(C)(C)C)CCC1N.CC(C)(C)C1(C(C)(C)C)CCCC1.CC(C)(C)C1(C(C)(C)C)CCCC1(C)N.CC(C)(C)C1(C(C)(C)C)CCCC1N.CC(C)(C)C1(C(C)(C)C)CCCCC1N.CC(C)(C)C1(C(C)(C)C)COCC1N.CNC1CCCC1(C(C)(C)C)C(C)(C)C. The lowest BCUT2D eigenvalue weighted by molar-refractivity contribution is -0.119. The summed E-state index contributed by atoms with van der Waals surface area (Å²) in [5.74, 6) is 0. The molecule has 128 heavy (non-hydrogen) atoms. The highest BCUT2D eigenvalue weighted by molar-refractivity contribution is 5.17. The van der Waals surface area contributed by atoms with Gasteiger partial charge in [-0.2, -0.15) is 0 Å².